The summed E-state index contributed by atoms with van der Waals surface area (Å²) in [6, 6.07) is 2.33. The van der Waals surface area contributed by atoms with Gasteiger partial charge in [-0.2, -0.15) is 0 Å². The van der Waals surface area contributed by atoms with Gasteiger partial charge in [-0.3, -0.25) is 0 Å². The Morgan fingerprint density at radius 1 is 1.57 bits per heavy atom. The summed E-state index contributed by atoms with van der Waals surface area (Å²) in [6.07, 6.45) is -2.65. The number of carbonyl (C=O) groups excluding carboxylic acids is 1. The Hall–Kier alpha value is -1.04. The van der Waals surface area contributed by atoms with Crippen LogP contribution in [-0.2, 0) is 4.74 Å². The highest BCUT2D eigenvalue weighted by Gasteiger charge is 2.15. The maximum absolute atomic E-state index is 12.2. The fraction of sp³-hybridized carbons (Fsp3) is 0.250. The molecule has 0 fully saturated rings. The van der Waals surface area contributed by atoms with Gasteiger partial charge in [-0.05, 0) is 28.1 Å². The number of aromatic nitrogens is 1. The number of methoxy groups -OCH3 is 1. The van der Waals surface area contributed by atoms with Crippen molar-refractivity contribution < 1.29 is 18.3 Å². The van der Waals surface area contributed by atoms with Crippen LogP contribution >= 0.6 is 15.9 Å². The molecule has 0 spiro atoms. The van der Waals surface area contributed by atoms with Crippen molar-refractivity contribution in [1.29, 1.82) is 0 Å². The molecule has 3 nitrogen and oxygen atoms in total. The molecule has 0 aliphatic heterocycles. The van der Waals surface area contributed by atoms with E-state index in [0.29, 0.717) is 0 Å². The molecule has 0 aliphatic rings. The summed E-state index contributed by atoms with van der Waals surface area (Å²) >= 11 is 2.91. The first-order valence-electron chi connectivity index (χ1n) is 3.59. The van der Waals surface area contributed by atoms with Crippen molar-refractivity contribution in [2.24, 2.45) is 0 Å². The molecule has 1 aromatic rings. The summed E-state index contributed by atoms with van der Waals surface area (Å²) in [5, 5.41) is 0. The number of hydrogen-bond acceptors (Lipinski definition) is 3. The summed E-state index contributed by atoms with van der Waals surface area (Å²) in [5.74, 6) is -0.620. The molecule has 1 rings (SSSR count). The van der Waals surface area contributed by atoms with Gasteiger partial charge in [0.15, 0.2) is 0 Å². The molecule has 0 atom stereocenters. The topological polar surface area (TPSA) is 39.2 Å². The minimum Gasteiger partial charge on any atom is -0.465 e. The average Bonchev–Trinajstić information content (AvgIpc) is 2.16. The van der Waals surface area contributed by atoms with Crippen LogP contribution in [0.2, 0.25) is 0 Å². The summed E-state index contributed by atoms with van der Waals surface area (Å²) < 4.78 is 28.8. The summed E-state index contributed by atoms with van der Waals surface area (Å²) in [7, 11) is 1.20. The Balaban J connectivity index is 3.07. The predicted molar refractivity (Wildman–Crippen MR) is 48.2 cm³/mol. The van der Waals surface area contributed by atoms with E-state index < -0.39 is 12.4 Å². The van der Waals surface area contributed by atoms with Crippen molar-refractivity contribution >= 4 is 21.9 Å². The van der Waals surface area contributed by atoms with Crippen LogP contribution in [0.1, 0.15) is 22.5 Å². The van der Waals surface area contributed by atoms with Crippen molar-refractivity contribution in [3.05, 3.63) is 28.0 Å². The average molecular weight is 266 g/mol. The lowest BCUT2D eigenvalue weighted by atomic mass is 10.2. The van der Waals surface area contributed by atoms with E-state index in [1.807, 2.05) is 0 Å². The number of carbonyl (C=O) groups is 1. The summed E-state index contributed by atoms with van der Waals surface area (Å²) in [5.41, 5.74) is -0.263. The fourth-order valence-corrected chi connectivity index (χ4v) is 1.33. The van der Waals surface area contributed by atoms with E-state index in [1.165, 1.54) is 13.2 Å². The van der Waals surface area contributed by atoms with E-state index >= 15 is 0 Å². The Morgan fingerprint density at radius 2 is 2.21 bits per heavy atom. The van der Waals surface area contributed by atoms with E-state index in [-0.39, 0.29) is 15.9 Å². The number of rotatable bonds is 2. The lowest BCUT2D eigenvalue weighted by molar-refractivity contribution is 0.0598. The molecule has 0 amide bonds. The Bertz CT molecular complexity index is 357. The highest BCUT2D eigenvalue weighted by atomic mass is 79.9. The second-order valence-electron chi connectivity index (χ2n) is 2.37. The van der Waals surface area contributed by atoms with Crippen molar-refractivity contribution in [1.82, 2.24) is 4.98 Å². The first-order chi connectivity index (χ1) is 6.56. The number of pyridine rings is 1. The van der Waals surface area contributed by atoms with Gasteiger partial charge in [0.1, 0.15) is 10.3 Å². The molecule has 0 aromatic carbocycles. The van der Waals surface area contributed by atoms with Crippen LogP contribution in [0, 0.1) is 0 Å². The molecule has 0 saturated heterocycles. The standard InChI is InChI=1S/C8H6BrF2NO2/c1-14-8(13)4-2-3-5(7(10)11)12-6(4)9/h2-3,7H,1H3. The van der Waals surface area contributed by atoms with Gasteiger partial charge in [0.05, 0.1) is 12.7 Å². The third kappa shape index (κ3) is 2.25. The largest absolute Gasteiger partial charge is 0.465 e. The van der Waals surface area contributed by atoms with Crippen molar-refractivity contribution in [3.63, 3.8) is 0 Å². The first kappa shape index (κ1) is 11.0. The van der Waals surface area contributed by atoms with Crippen LogP contribution in [0.4, 0.5) is 8.78 Å². The normalized spacial score (nSPS) is 10.4. The highest BCUT2D eigenvalue weighted by molar-refractivity contribution is 9.10. The summed E-state index contributed by atoms with van der Waals surface area (Å²) in [6.45, 7) is 0. The quantitative estimate of drug-likeness (QED) is 0.610. The lowest BCUT2D eigenvalue weighted by Gasteiger charge is -2.03. The Kier molecular flexibility index (Phi) is 3.51. The first-order valence-corrected chi connectivity index (χ1v) is 4.38. The maximum Gasteiger partial charge on any atom is 0.340 e. The van der Waals surface area contributed by atoms with Crippen molar-refractivity contribution in [3.8, 4) is 0 Å². The molecule has 0 aliphatic carbocycles. The second-order valence-corrected chi connectivity index (χ2v) is 3.12. The molecule has 0 saturated carbocycles. The van der Waals surface area contributed by atoms with Gasteiger partial charge in [0.25, 0.3) is 6.43 Å². The second kappa shape index (κ2) is 4.45. The van der Waals surface area contributed by atoms with Crippen LogP contribution in [0.3, 0.4) is 0 Å². The molecule has 14 heavy (non-hydrogen) atoms. The SMILES string of the molecule is COC(=O)c1ccc(C(F)F)nc1Br. The zero-order chi connectivity index (χ0) is 10.7. The van der Waals surface area contributed by atoms with E-state index in [0.717, 1.165) is 6.07 Å². The van der Waals surface area contributed by atoms with Gasteiger partial charge in [-0.1, -0.05) is 0 Å². The van der Waals surface area contributed by atoms with Gasteiger partial charge in [-0.25, -0.2) is 18.6 Å². The third-order valence-electron chi connectivity index (χ3n) is 1.50. The van der Waals surface area contributed by atoms with Gasteiger partial charge in [0, 0.05) is 0 Å². The highest BCUT2D eigenvalue weighted by Crippen LogP contribution is 2.21. The molecule has 1 aromatic heterocycles. The zero-order valence-corrected chi connectivity index (χ0v) is 8.72. The van der Waals surface area contributed by atoms with Crippen molar-refractivity contribution in [2.45, 2.75) is 6.43 Å². The number of alkyl halides is 2. The fourth-order valence-electron chi connectivity index (χ4n) is 0.832. The molecule has 0 radical (unpaired) electrons. The van der Waals surface area contributed by atoms with Gasteiger partial charge in [-0.15, -0.1) is 0 Å². The molecule has 0 unspecified atom stereocenters. The zero-order valence-electron chi connectivity index (χ0n) is 7.13. The Morgan fingerprint density at radius 3 is 2.64 bits per heavy atom. The number of halogens is 3. The van der Waals surface area contributed by atoms with E-state index in [1.54, 1.807) is 0 Å². The van der Waals surface area contributed by atoms with E-state index in [4.69, 9.17) is 0 Å². The monoisotopic (exact) mass is 265 g/mol. The van der Waals surface area contributed by atoms with Gasteiger partial charge >= 0.3 is 5.97 Å². The Labute approximate surface area is 87.2 Å². The number of ether oxygens (including phenoxy) is 1. The number of hydrogen-bond donors (Lipinski definition) is 0. The molecule has 6 heteroatoms. The molecular weight excluding hydrogens is 260 g/mol. The molecule has 1 heterocycles. The van der Waals surface area contributed by atoms with Crippen LogP contribution in [0.15, 0.2) is 16.7 Å². The van der Waals surface area contributed by atoms with Crippen LogP contribution in [-0.4, -0.2) is 18.1 Å². The molecule has 76 valence electrons. The van der Waals surface area contributed by atoms with Crippen molar-refractivity contribution in [2.75, 3.05) is 7.11 Å². The van der Waals surface area contributed by atoms with Gasteiger partial charge in [0.2, 0.25) is 0 Å². The minimum absolute atomic E-state index is 0.0575. The molecular formula is C8H6BrF2NO2. The van der Waals surface area contributed by atoms with E-state index in [9.17, 15) is 13.6 Å². The van der Waals surface area contributed by atoms with Crippen LogP contribution < -0.4 is 0 Å². The van der Waals surface area contributed by atoms with Crippen LogP contribution in [0.25, 0.3) is 0 Å². The maximum atomic E-state index is 12.2. The number of nitrogens with zero attached hydrogens (tertiary/aromatic N) is 1. The minimum atomic E-state index is -2.65. The lowest BCUT2D eigenvalue weighted by Crippen LogP contribution is -2.04. The predicted octanol–water partition coefficient (Wildman–Crippen LogP) is 2.57. The molecule has 0 bridgehead atoms. The smallest absolute Gasteiger partial charge is 0.340 e. The number of esters is 1. The van der Waals surface area contributed by atoms with E-state index in [2.05, 4.69) is 25.7 Å². The summed E-state index contributed by atoms with van der Waals surface area (Å²) in [4.78, 5) is 14.5. The molecule has 0 N–H and O–H groups in total. The third-order valence-corrected chi connectivity index (χ3v) is 2.10. The van der Waals surface area contributed by atoms with Crippen LogP contribution in [0.5, 0.6) is 0 Å². The van der Waals surface area contributed by atoms with Gasteiger partial charge < -0.3 is 4.74 Å².